The highest BCUT2D eigenvalue weighted by molar-refractivity contribution is 5.94. The van der Waals surface area contributed by atoms with Crippen molar-refractivity contribution in [3.63, 3.8) is 0 Å². The third-order valence-corrected chi connectivity index (χ3v) is 3.02. The lowest BCUT2D eigenvalue weighted by Crippen LogP contribution is -2.29. The molecule has 6 heteroatoms. The van der Waals surface area contributed by atoms with Gasteiger partial charge >= 0.3 is 6.03 Å². The summed E-state index contributed by atoms with van der Waals surface area (Å²) in [5.74, 6) is 0. The largest absolute Gasteiger partial charge is 0.360 e. The van der Waals surface area contributed by atoms with Gasteiger partial charge in [-0.1, -0.05) is 0 Å². The van der Waals surface area contributed by atoms with Crippen LogP contribution >= 0.6 is 0 Å². The summed E-state index contributed by atoms with van der Waals surface area (Å²) in [4.78, 5) is 15.2. The number of hydrogen-bond acceptors (Lipinski definition) is 4. The molecular weight excluding hydrogens is 254 g/mol. The van der Waals surface area contributed by atoms with Crippen molar-refractivity contribution in [1.82, 2.24) is 4.90 Å². The summed E-state index contributed by atoms with van der Waals surface area (Å²) in [5, 5.41) is 20.1. The maximum absolute atomic E-state index is 11.8. The van der Waals surface area contributed by atoms with Crippen LogP contribution in [0.3, 0.4) is 0 Å². The predicted octanol–water partition coefficient (Wildman–Crippen LogP) is 1.90. The molecule has 1 N–H and O–H groups in total. The molecule has 2 rings (SSSR count). The molecule has 0 aliphatic carbocycles. The van der Waals surface area contributed by atoms with E-state index in [2.05, 4.69) is 5.32 Å². The first-order valence-electron chi connectivity index (χ1n) is 6.05. The Labute approximate surface area is 117 Å². The van der Waals surface area contributed by atoms with Gasteiger partial charge < -0.3 is 10.2 Å². The summed E-state index contributed by atoms with van der Waals surface area (Å²) in [6.07, 6.45) is 1.35. The first kappa shape index (κ1) is 13.4. The topological polar surface area (TPSA) is 83.2 Å². The zero-order chi connectivity index (χ0) is 14.5. The summed E-state index contributed by atoms with van der Waals surface area (Å²) >= 11 is 0. The normalized spacial score (nSPS) is 13.7. The molecule has 6 nitrogen and oxygen atoms in total. The van der Waals surface area contributed by atoms with Gasteiger partial charge in [0.15, 0.2) is 0 Å². The number of benzene rings is 1. The zero-order valence-corrected chi connectivity index (χ0v) is 11.0. The molecule has 1 aliphatic rings. The summed E-state index contributed by atoms with van der Waals surface area (Å²) in [5.41, 5.74) is 1.58. The van der Waals surface area contributed by atoms with E-state index in [1.54, 1.807) is 41.1 Å². The van der Waals surface area contributed by atoms with Crippen LogP contribution in [0.15, 0.2) is 36.0 Å². The molecule has 20 heavy (non-hydrogen) atoms. The van der Waals surface area contributed by atoms with Gasteiger partial charge in [-0.3, -0.25) is 4.90 Å². The molecule has 0 atom stereocenters. The van der Waals surface area contributed by atoms with Crippen LogP contribution in [-0.4, -0.2) is 31.1 Å². The van der Waals surface area contributed by atoms with Crippen molar-refractivity contribution in [2.45, 2.75) is 0 Å². The molecule has 0 radical (unpaired) electrons. The molecule has 0 aromatic heterocycles. The van der Waals surface area contributed by atoms with Crippen LogP contribution in [-0.2, 0) is 0 Å². The average Bonchev–Trinajstić information content (AvgIpc) is 2.81. The van der Waals surface area contributed by atoms with Crippen LogP contribution in [0.4, 0.5) is 16.2 Å². The SMILES string of the molecule is CN1CCN(c2ccc(NC=C(C#N)C#N)cc2)C1=O. The first-order valence-corrected chi connectivity index (χ1v) is 6.05. The number of urea groups is 1. The quantitative estimate of drug-likeness (QED) is 0.848. The molecule has 1 heterocycles. The molecule has 1 aromatic carbocycles. The fraction of sp³-hybridized carbons (Fsp3) is 0.214. The van der Waals surface area contributed by atoms with E-state index in [1.165, 1.54) is 6.20 Å². The minimum atomic E-state index is -0.0122. The van der Waals surface area contributed by atoms with Crippen molar-refractivity contribution in [3.8, 4) is 12.1 Å². The fourth-order valence-electron chi connectivity index (χ4n) is 1.87. The number of carbonyl (C=O) groups is 1. The molecular formula is C14H13N5O. The van der Waals surface area contributed by atoms with Crippen molar-refractivity contribution >= 4 is 17.4 Å². The summed E-state index contributed by atoms with van der Waals surface area (Å²) < 4.78 is 0. The lowest BCUT2D eigenvalue weighted by Gasteiger charge is -2.16. The van der Waals surface area contributed by atoms with E-state index in [4.69, 9.17) is 10.5 Å². The minimum absolute atomic E-state index is 0.00502. The van der Waals surface area contributed by atoms with Gasteiger partial charge in [0.1, 0.15) is 17.7 Å². The van der Waals surface area contributed by atoms with E-state index in [0.717, 1.165) is 17.9 Å². The van der Waals surface area contributed by atoms with E-state index in [-0.39, 0.29) is 11.6 Å². The van der Waals surface area contributed by atoms with Gasteiger partial charge in [-0.15, -0.1) is 0 Å². The third-order valence-electron chi connectivity index (χ3n) is 3.02. The number of hydrogen-bond donors (Lipinski definition) is 1. The molecule has 1 aliphatic heterocycles. The summed E-state index contributed by atoms with van der Waals surface area (Å²) in [6, 6.07) is 10.8. The van der Waals surface area contributed by atoms with Gasteiger partial charge in [0.25, 0.3) is 0 Å². The minimum Gasteiger partial charge on any atom is -0.360 e. The van der Waals surface area contributed by atoms with Crippen LogP contribution in [0.2, 0.25) is 0 Å². The maximum Gasteiger partial charge on any atom is 0.324 e. The number of amides is 2. The summed E-state index contributed by atoms with van der Waals surface area (Å²) in [7, 11) is 1.77. The smallest absolute Gasteiger partial charge is 0.324 e. The Hall–Kier alpha value is -2.99. The molecule has 1 saturated heterocycles. The molecule has 0 spiro atoms. The van der Waals surface area contributed by atoms with E-state index in [9.17, 15) is 4.79 Å². The molecule has 0 bridgehead atoms. The Bertz CT molecular complexity index is 604. The van der Waals surface area contributed by atoms with Crippen molar-refractivity contribution in [3.05, 3.63) is 36.0 Å². The van der Waals surface area contributed by atoms with Gasteiger partial charge in [-0.25, -0.2) is 4.79 Å². The van der Waals surface area contributed by atoms with Crippen LogP contribution in [0.5, 0.6) is 0 Å². The number of allylic oxidation sites excluding steroid dienone is 1. The van der Waals surface area contributed by atoms with E-state index < -0.39 is 0 Å². The van der Waals surface area contributed by atoms with E-state index >= 15 is 0 Å². The molecule has 1 aromatic rings. The lowest BCUT2D eigenvalue weighted by molar-refractivity contribution is 0.229. The zero-order valence-electron chi connectivity index (χ0n) is 11.0. The number of rotatable bonds is 3. The lowest BCUT2D eigenvalue weighted by atomic mass is 10.2. The molecule has 100 valence electrons. The highest BCUT2D eigenvalue weighted by atomic mass is 16.2. The molecule has 0 saturated carbocycles. The predicted molar refractivity (Wildman–Crippen MR) is 74.7 cm³/mol. The van der Waals surface area contributed by atoms with Crippen molar-refractivity contribution in [1.29, 1.82) is 10.5 Å². The third kappa shape index (κ3) is 2.70. The second-order valence-corrected chi connectivity index (χ2v) is 4.33. The van der Waals surface area contributed by atoms with Gasteiger partial charge in [0.2, 0.25) is 0 Å². The number of anilines is 2. The van der Waals surface area contributed by atoms with E-state index in [0.29, 0.717) is 6.54 Å². The second-order valence-electron chi connectivity index (χ2n) is 4.33. The van der Waals surface area contributed by atoms with Crippen LogP contribution < -0.4 is 10.2 Å². The Morgan fingerprint density at radius 1 is 1.25 bits per heavy atom. The Balaban J connectivity index is 2.08. The van der Waals surface area contributed by atoms with Crippen LogP contribution in [0, 0.1) is 22.7 Å². The molecule has 2 amide bonds. The van der Waals surface area contributed by atoms with Crippen LogP contribution in [0.1, 0.15) is 0 Å². The summed E-state index contributed by atoms with van der Waals surface area (Å²) in [6.45, 7) is 1.39. The number of nitrogens with one attached hydrogen (secondary N) is 1. The van der Waals surface area contributed by atoms with Crippen molar-refractivity contribution < 1.29 is 4.79 Å². The molecule has 1 fully saturated rings. The van der Waals surface area contributed by atoms with Gasteiger partial charge in [0, 0.05) is 37.7 Å². The monoisotopic (exact) mass is 267 g/mol. The molecule has 0 unspecified atom stereocenters. The van der Waals surface area contributed by atoms with Crippen molar-refractivity contribution in [2.75, 3.05) is 30.4 Å². The Morgan fingerprint density at radius 2 is 1.90 bits per heavy atom. The highest BCUT2D eigenvalue weighted by Gasteiger charge is 2.26. The van der Waals surface area contributed by atoms with Crippen LogP contribution in [0.25, 0.3) is 0 Å². The Morgan fingerprint density at radius 3 is 2.40 bits per heavy atom. The van der Waals surface area contributed by atoms with Gasteiger partial charge in [-0.2, -0.15) is 10.5 Å². The van der Waals surface area contributed by atoms with Gasteiger partial charge in [0.05, 0.1) is 0 Å². The first-order chi connectivity index (χ1) is 9.65. The average molecular weight is 267 g/mol. The second kappa shape index (κ2) is 5.77. The standard InChI is InChI=1S/C14H13N5O/c1-18-6-7-19(14(18)20)13-4-2-12(3-5-13)17-10-11(8-15)9-16/h2-5,10,17H,6-7H2,1H3. The fourth-order valence-corrected chi connectivity index (χ4v) is 1.87. The number of nitriles is 2. The highest BCUT2D eigenvalue weighted by Crippen LogP contribution is 2.21. The maximum atomic E-state index is 11.8. The number of carbonyl (C=O) groups excluding carboxylic acids is 1. The van der Waals surface area contributed by atoms with E-state index in [1.807, 2.05) is 12.1 Å². The Kier molecular flexibility index (Phi) is 3.88. The number of nitrogens with zero attached hydrogens (tertiary/aromatic N) is 4. The van der Waals surface area contributed by atoms with Crippen molar-refractivity contribution in [2.24, 2.45) is 0 Å². The van der Waals surface area contributed by atoms with Gasteiger partial charge in [-0.05, 0) is 24.3 Å². The number of likely N-dealkylation sites (N-methyl/N-ethyl adjacent to an activating group) is 1.